The number of amides is 1. The van der Waals surface area contributed by atoms with Gasteiger partial charge in [0.1, 0.15) is 16.4 Å². The van der Waals surface area contributed by atoms with Crippen molar-refractivity contribution in [1.82, 2.24) is 19.9 Å². The van der Waals surface area contributed by atoms with Crippen LogP contribution in [0.5, 0.6) is 5.75 Å². The number of ether oxygens (including phenoxy) is 1. The first-order valence-electron chi connectivity index (χ1n) is 7.44. The summed E-state index contributed by atoms with van der Waals surface area (Å²) in [5, 5.41) is 7.71. The SMILES string of the molecule is CCOc1ccccc1C(C)NC(=O)c1nn2c(C)ncc2s1. The summed E-state index contributed by atoms with van der Waals surface area (Å²) >= 11 is 1.32. The summed E-state index contributed by atoms with van der Waals surface area (Å²) in [5.74, 6) is 1.36. The third kappa shape index (κ3) is 3.05. The van der Waals surface area contributed by atoms with Crippen molar-refractivity contribution in [2.75, 3.05) is 6.61 Å². The molecule has 7 heteroatoms. The molecule has 2 heterocycles. The van der Waals surface area contributed by atoms with Crippen LogP contribution in [0.25, 0.3) is 4.83 Å². The molecular weight excluding hydrogens is 312 g/mol. The second-order valence-corrected chi connectivity index (χ2v) is 6.14. The van der Waals surface area contributed by atoms with Gasteiger partial charge in [-0.2, -0.15) is 0 Å². The molecule has 120 valence electrons. The standard InChI is InChI=1S/C16H18N4O2S/c1-4-22-13-8-6-5-7-12(13)10(2)18-15(21)16-19-20-11(3)17-9-14(20)23-16/h5-10H,4H2,1-3H3,(H,18,21). The molecule has 0 saturated heterocycles. The van der Waals surface area contributed by atoms with Crippen molar-refractivity contribution in [2.24, 2.45) is 0 Å². The molecule has 0 saturated carbocycles. The molecule has 2 aromatic heterocycles. The number of rotatable bonds is 5. The first kappa shape index (κ1) is 15.5. The smallest absolute Gasteiger partial charge is 0.282 e. The number of carbonyl (C=O) groups is 1. The summed E-state index contributed by atoms with van der Waals surface area (Å²) < 4.78 is 7.30. The van der Waals surface area contributed by atoms with Crippen LogP contribution in [0.15, 0.2) is 30.5 Å². The van der Waals surface area contributed by atoms with E-state index in [2.05, 4.69) is 15.4 Å². The lowest BCUT2D eigenvalue weighted by Crippen LogP contribution is -2.27. The molecular formula is C16H18N4O2S. The summed E-state index contributed by atoms with van der Waals surface area (Å²) in [4.78, 5) is 17.5. The Balaban J connectivity index is 1.79. The van der Waals surface area contributed by atoms with Gasteiger partial charge < -0.3 is 10.1 Å². The van der Waals surface area contributed by atoms with Gasteiger partial charge in [0, 0.05) is 5.56 Å². The van der Waals surface area contributed by atoms with Crippen LogP contribution in [0.4, 0.5) is 0 Å². The zero-order valence-electron chi connectivity index (χ0n) is 13.2. The number of aromatic nitrogens is 3. The highest BCUT2D eigenvalue weighted by atomic mass is 32.1. The number of imidazole rings is 1. The Morgan fingerprint density at radius 1 is 1.43 bits per heavy atom. The molecule has 0 bridgehead atoms. The minimum atomic E-state index is -0.197. The summed E-state index contributed by atoms with van der Waals surface area (Å²) in [6.07, 6.45) is 1.72. The van der Waals surface area contributed by atoms with E-state index >= 15 is 0 Å². The predicted molar refractivity (Wildman–Crippen MR) is 89.1 cm³/mol. The minimum absolute atomic E-state index is 0.173. The molecule has 1 amide bonds. The van der Waals surface area contributed by atoms with Gasteiger partial charge in [-0.25, -0.2) is 9.50 Å². The quantitative estimate of drug-likeness (QED) is 0.781. The number of nitrogens with zero attached hydrogens (tertiary/aromatic N) is 3. The monoisotopic (exact) mass is 330 g/mol. The van der Waals surface area contributed by atoms with Gasteiger partial charge in [-0.3, -0.25) is 4.79 Å². The van der Waals surface area contributed by atoms with Crippen LogP contribution in [-0.4, -0.2) is 27.1 Å². The van der Waals surface area contributed by atoms with Crippen LogP contribution < -0.4 is 10.1 Å². The van der Waals surface area contributed by atoms with Gasteiger partial charge in [-0.15, -0.1) is 5.10 Å². The number of carbonyl (C=O) groups excluding carboxylic acids is 1. The van der Waals surface area contributed by atoms with Crippen LogP contribution in [0.2, 0.25) is 0 Å². The second kappa shape index (κ2) is 6.37. The number of nitrogens with one attached hydrogen (secondary N) is 1. The molecule has 3 aromatic rings. The molecule has 23 heavy (non-hydrogen) atoms. The Bertz CT molecular complexity index is 840. The van der Waals surface area contributed by atoms with Gasteiger partial charge >= 0.3 is 0 Å². The molecule has 0 aliphatic heterocycles. The van der Waals surface area contributed by atoms with Gasteiger partial charge in [-0.1, -0.05) is 29.5 Å². The maximum atomic E-state index is 12.4. The fraction of sp³-hybridized carbons (Fsp3) is 0.312. The average molecular weight is 330 g/mol. The van der Waals surface area contributed by atoms with E-state index in [4.69, 9.17) is 4.74 Å². The van der Waals surface area contributed by atoms with Crippen LogP contribution in [0.3, 0.4) is 0 Å². The Kier molecular flexibility index (Phi) is 4.29. The number of hydrogen-bond acceptors (Lipinski definition) is 5. The van der Waals surface area contributed by atoms with E-state index in [0.29, 0.717) is 11.6 Å². The van der Waals surface area contributed by atoms with Gasteiger partial charge in [-0.05, 0) is 26.8 Å². The molecule has 0 aliphatic carbocycles. The van der Waals surface area contributed by atoms with Crippen molar-refractivity contribution in [1.29, 1.82) is 0 Å². The lowest BCUT2D eigenvalue weighted by molar-refractivity contribution is 0.0938. The molecule has 6 nitrogen and oxygen atoms in total. The van der Waals surface area contributed by atoms with Crippen molar-refractivity contribution in [3.05, 3.63) is 46.9 Å². The van der Waals surface area contributed by atoms with Crippen molar-refractivity contribution in [2.45, 2.75) is 26.8 Å². The first-order chi connectivity index (χ1) is 11.1. The highest BCUT2D eigenvalue weighted by Gasteiger charge is 2.18. The minimum Gasteiger partial charge on any atom is -0.494 e. The van der Waals surface area contributed by atoms with Crippen molar-refractivity contribution >= 4 is 22.1 Å². The Morgan fingerprint density at radius 3 is 2.96 bits per heavy atom. The topological polar surface area (TPSA) is 68.5 Å². The van der Waals surface area contributed by atoms with Gasteiger partial charge in [0.05, 0.1) is 18.8 Å². The van der Waals surface area contributed by atoms with Crippen molar-refractivity contribution in [3.8, 4) is 5.75 Å². The number of fused-ring (bicyclic) bond motifs is 1. The number of hydrogen-bond donors (Lipinski definition) is 1. The molecule has 1 N–H and O–H groups in total. The summed E-state index contributed by atoms with van der Waals surface area (Å²) in [6.45, 7) is 6.31. The first-order valence-corrected chi connectivity index (χ1v) is 8.25. The third-order valence-corrected chi connectivity index (χ3v) is 4.44. The van der Waals surface area contributed by atoms with Crippen molar-refractivity contribution < 1.29 is 9.53 Å². The fourth-order valence-corrected chi connectivity index (χ4v) is 3.21. The fourth-order valence-electron chi connectivity index (χ4n) is 2.37. The lowest BCUT2D eigenvalue weighted by Gasteiger charge is -2.17. The zero-order chi connectivity index (χ0) is 16.4. The molecule has 0 spiro atoms. The molecule has 1 unspecified atom stereocenters. The maximum absolute atomic E-state index is 12.4. The zero-order valence-corrected chi connectivity index (χ0v) is 14.1. The molecule has 1 atom stereocenters. The molecule has 0 aliphatic rings. The Hall–Kier alpha value is -2.41. The van der Waals surface area contributed by atoms with Gasteiger partial charge in [0.15, 0.2) is 0 Å². The van der Waals surface area contributed by atoms with E-state index < -0.39 is 0 Å². The summed E-state index contributed by atoms with van der Waals surface area (Å²) in [5.41, 5.74) is 0.948. The van der Waals surface area contributed by atoms with Crippen LogP contribution >= 0.6 is 11.3 Å². The predicted octanol–water partition coefficient (Wildman–Crippen LogP) is 2.99. The van der Waals surface area contributed by atoms with Crippen molar-refractivity contribution in [3.63, 3.8) is 0 Å². The number of aryl methyl sites for hydroxylation is 1. The number of para-hydroxylation sites is 1. The van der Waals surface area contributed by atoms with Crippen LogP contribution in [-0.2, 0) is 0 Å². The summed E-state index contributed by atoms with van der Waals surface area (Å²) in [7, 11) is 0. The average Bonchev–Trinajstić information content (AvgIpc) is 3.11. The van der Waals surface area contributed by atoms with E-state index in [0.717, 1.165) is 22.0 Å². The Morgan fingerprint density at radius 2 is 2.22 bits per heavy atom. The van der Waals surface area contributed by atoms with Crippen LogP contribution in [0, 0.1) is 6.92 Å². The largest absolute Gasteiger partial charge is 0.494 e. The molecule has 0 fully saturated rings. The second-order valence-electron chi connectivity index (χ2n) is 5.13. The Labute approximate surface area is 138 Å². The molecule has 0 radical (unpaired) electrons. The highest BCUT2D eigenvalue weighted by Crippen LogP contribution is 2.25. The van der Waals surface area contributed by atoms with E-state index in [9.17, 15) is 4.79 Å². The van der Waals surface area contributed by atoms with E-state index in [1.807, 2.05) is 45.0 Å². The van der Waals surface area contributed by atoms with E-state index in [1.54, 1.807) is 10.7 Å². The maximum Gasteiger partial charge on any atom is 0.282 e. The van der Waals surface area contributed by atoms with E-state index in [1.165, 1.54) is 11.3 Å². The van der Waals surface area contributed by atoms with E-state index in [-0.39, 0.29) is 11.9 Å². The molecule has 1 aromatic carbocycles. The van der Waals surface area contributed by atoms with Crippen LogP contribution in [0.1, 0.15) is 41.1 Å². The summed E-state index contributed by atoms with van der Waals surface area (Å²) in [6, 6.07) is 7.54. The van der Waals surface area contributed by atoms with Gasteiger partial charge in [0.25, 0.3) is 5.91 Å². The third-order valence-electron chi connectivity index (χ3n) is 3.50. The van der Waals surface area contributed by atoms with Gasteiger partial charge in [0.2, 0.25) is 5.01 Å². The number of benzene rings is 1. The highest BCUT2D eigenvalue weighted by molar-refractivity contribution is 7.18. The normalized spacial score (nSPS) is 12.3. The molecule has 3 rings (SSSR count). The lowest BCUT2D eigenvalue weighted by atomic mass is 10.1.